The van der Waals surface area contributed by atoms with Gasteiger partial charge in [0.05, 0.1) is 6.61 Å². The lowest BCUT2D eigenvalue weighted by molar-refractivity contribution is 0.117. The number of ether oxygens (including phenoxy) is 1. The van der Waals surface area contributed by atoms with Crippen LogP contribution < -0.4 is 0 Å². The summed E-state index contributed by atoms with van der Waals surface area (Å²) in [6, 6.07) is 22.7. The average molecular weight is 523 g/mol. The summed E-state index contributed by atoms with van der Waals surface area (Å²) in [6.07, 6.45) is 17.0. The third kappa shape index (κ3) is 7.22. The molecule has 0 radical (unpaired) electrons. The molecule has 0 unspecified atom stereocenters. The molecular formula is C37H46O2. The summed E-state index contributed by atoms with van der Waals surface area (Å²) in [6.45, 7) is 6.04. The van der Waals surface area contributed by atoms with Crippen LogP contribution in [0.1, 0.15) is 102 Å². The summed E-state index contributed by atoms with van der Waals surface area (Å²) < 4.78 is 12.3. The highest BCUT2D eigenvalue weighted by atomic mass is 16.5. The monoisotopic (exact) mass is 522 g/mol. The van der Waals surface area contributed by atoms with E-state index in [0.717, 1.165) is 24.2 Å². The van der Waals surface area contributed by atoms with Crippen LogP contribution in [0.4, 0.5) is 0 Å². The molecule has 0 aliphatic carbocycles. The maximum Gasteiger partial charge on any atom is 0.136 e. The molecule has 2 nitrogen and oxygen atoms in total. The lowest BCUT2D eigenvalue weighted by Crippen LogP contribution is -1.95. The normalized spacial score (nSPS) is 11.9. The minimum atomic E-state index is 0.674. The van der Waals surface area contributed by atoms with Gasteiger partial charge in [-0.2, -0.15) is 0 Å². The van der Waals surface area contributed by atoms with E-state index in [-0.39, 0.29) is 0 Å². The molecule has 0 atom stereocenters. The van der Waals surface area contributed by atoms with Gasteiger partial charge in [-0.25, -0.2) is 0 Å². The summed E-state index contributed by atoms with van der Waals surface area (Å²) >= 11 is 0. The van der Waals surface area contributed by atoms with Gasteiger partial charge < -0.3 is 9.15 Å². The van der Waals surface area contributed by atoms with Crippen molar-refractivity contribution in [1.82, 2.24) is 0 Å². The van der Waals surface area contributed by atoms with Crippen LogP contribution in [0.5, 0.6) is 0 Å². The highest BCUT2D eigenvalue weighted by Crippen LogP contribution is 2.35. The predicted octanol–water partition coefficient (Wildman–Crippen LogP) is 11.7. The van der Waals surface area contributed by atoms with Gasteiger partial charge in [0.2, 0.25) is 0 Å². The van der Waals surface area contributed by atoms with E-state index >= 15 is 0 Å². The Morgan fingerprint density at radius 1 is 0.513 bits per heavy atom. The van der Waals surface area contributed by atoms with Crippen molar-refractivity contribution in [3.63, 3.8) is 0 Å². The lowest BCUT2D eigenvalue weighted by Gasteiger charge is -2.06. The molecule has 5 aromatic rings. The first-order chi connectivity index (χ1) is 19.2. The molecule has 0 fully saturated rings. The van der Waals surface area contributed by atoms with Crippen LogP contribution in [0, 0.1) is 0 Å². The van der Waals surface area contributed by atoms with E-state index in [9.17, 15) is 0 Å². The van der Waals surface area contributed by atoms with E-state index in [0.29, 0.717) is 6.61 Å². The number of benzene rings is 4. The van der Waals surface area contributed by atoms with Crippen LogP contribution in [0.3, 0.4) is 0 Å². The van der Waals surface area contributed by atoms with Crippen molar-refractivity contribution in [2.24, 2.45) is 0 Å². The second-order valence-corrected chi connectivity index (χ2v) is 11.5. The Labute approximate surface area is 234 Å². The molecule has 0 N–H and O–H groups in total. The molecule has 4 aromatic carbocycles. The number of furan rings is 1. The van der Waals surface area contributed by atoms with E-state index in [4.69, 9.17) is 9.15 Å². The molecule has 0 saturated carbocycles. The first kappa shape index (κ1) is 27.7. The van der Waals surface area contributed by atoms with E-state index in [1.165, 1.54) is 120 Å². The van der Waals surface area contributed by atoms with Crippen molar-refractivity contribution >= 4 is 43.5 Å². The second-order valence-electron chi connectivity index (χ2n) is 11.5. The topological polar surface area (TPSA) is 22.4 Å². The van der Waals surface area contributed by atoms with Gasteiger partial charge in [0, 0.05) is 17.4 Å². The Morgan fingerprint density at radius 2 is 1.05 bits per heavy atom. The fourth-order valence-electron chi connectivity index (χ4n) is 5.89. The van der Waals surface area contributed by atoms with Crippen molar-refractivity contribution in [2.45, 2.75) is 104 Å². The first-order valence-corrected chi connectivity index (χ1v) is 15.6. The minimum absolute atomic E-state index is 0.674. The number of fused-ring (bicyclic) bond motifs is 5. The van der Waals surface area contributed by atoms with Crippen LogP contribution in [0.25, 0.3) is 43.5 Å². The number of hydrogen-bond acceptors (Lipinski definition) is 2. The first-order valence-electron chi connectivity index (χ1n) is 15.6. The second kappa shape index (κ2) is 14.0. The predicted molar refractivity (Wildman–Crippen MR) is 169 cm³/mol. The number of rotatable bonds is 16. The summed E-state index contributed by atoms with van der Waals surface area (Å²) in [5.74, 6) is 0. The van der Waals surface area contributed by atoms with Crippen LogP contribution in [-0.4, -0.2) is 6.61 Å². The summed E-state index contributed by atoms with van der Waals surface area (Å²) in [7, 11) is 0. The van der Waals surface area contributed by atoms with E-state index in [2.05, 4.69) is 74.5 Å². The van der Waals surface area contributed by atoms with Crippen LogP contribution in [-0.2, 0) is 17.8 Å². The Balaban J connectivity index is 1.26. The molecule has 1 aromatic heterocycles. The summed E-state index contributed by atoms with van der Waals surface area (Å²) in [5.41, 5.74) is 4.61. The van der Waals surface area contributed by atoms with Gasteiger partial charge in [0.1, 0.15) is 11.2 Å². The maximum absolute atomic E-state index is 6.41. The molecule has 0 aliphatic rings. The number of hydrogen-bond donors (Lipinski definition) is 0. The Morgan fingerprint density at radius 3 is 1.69 bits per heavy atom. The van der Waals surface area contributed by atoms with E-state index in [1.807, 2.05) is 0 Å². The van der Waals surface area contributed by atoms with Gasteiger partial charge in [-0.3, -0.25) is 0 Å². The molecular weight excluding hydrogens is 476 g/mol. The highest BCUT2D eigenvalue weighted by molar-refractivity contribution is 6.13. The number of unbranched alkanes of at least 4 members (excludes halogenated alkanes) is 10. The van der Waals surface area contributed by atoms with Gasteiger partial charge in [-0.1, -0.05) is 108 Å². The zero-order chi connectivity index (χ0) is 26.9. The Bertz CT molecular complexity index is 1490. The van der Waals surface area contributed by atoms with Gasteiger partial charge in [-0.05, 0) is 82.3 Å². The van der Waals surface area contributed by atoms with E-state index in [1.54, 1.807) is 0 Å². The Kier molecular flexibility index (Phi) is 9.94. The quantitative estimate of drug-likeness (QED) is 0.120. The van der Waals surface area contributed by atoms with Gasteiger partial charge in [0.15, 0.2) is 0 Å². The number of aryl methyl sites for hydroxylation is 1. The standard InChI is InChI=1S/C37H46O2/c1-3-5-7-9-10-11-12-13-15-28-16-18-30-23-34-35-24-31-19-17-29(27-38-20-14-8-6-4-2)22-33(31)26-37(35)39-36(34)25-32(30)21-28/h16-19,21-26H,3-15,20,27H2,1-2H3. The molecule has 1 heterocycles. The highest BCUT2D eigenvalue weighted by Gasteiger charge is 2.11. The molecule has 39 heavy (non-hydrogen) atoms. The third-order valence-corrected chi connectivity index (χ3v) is 8.25. The van der Waals surface area contributed by atoms with E-state index < -0.39 is 0 Å². The van der Waals surface area contributed by atoms with Crippen molar-refractivity contribution in [3.8, 4) is 0 Å². The van der Waals surface area contributed by atoms with Gasteiger partial charge in [-0.15, -0.1) is 0 Å². The van der Waals surface area contributed by atoms with Crippen molar-refractivity contribution in [1.29, 1.82) is 0 Å². The Hall–Kier alpha value is -2.84. The van der Waals surface area contributed by atoms with Crippen molar-refractivity contribution < 1.29 is 9.15 Å². The average Bonchev–Trinajstić information content (AvgIpc) is 3.29. The van der Waals surface area contributed by atoms with Gasteiger partial charge >= 0.3 is 0 Å². The fourth-order valence-corrected chi connectivity index (χ4v) is 5.89. The third-order valence-electron chi connectivity index (χ3n) is 8.25. The van der Waals surface area contributed by atoms with Gasteiger partial charge in [0.25, 0.3) is 0 Å². The fraction of sp³-hybridized carbons (Fsp3) is 0.459. The zero-order valence-electron chi connectivity index (χ0n) is 24.2. The van der Waals surface area contributed by atoms with Crippen molar-refractivity contribution in [3.05, 3.63) is 71.8 Å². The lowest BCUT2D eigenvalue weighted by atomic mass is 9.99. The molecule has 0 bridgehead atoms. The maximum atomic E-state index is 6.41. The van der Waals surface area contributed by atoms with Crippen molar-refractivity contribution in [2.75, 3.05) is 6.61 Å². The largest absolute Gasteiger partial charge is 0.456 e. The zero-order valence-corrected chi connectivity index (χ0v) is 24.2. The molecule has 206 valence electrons. The van der Waals surface area contributed by atoms with Crippen LogP contribution in [0.2, 0.25) is 0 Å². The minimum Gasteiger partial charge on any atom is -0.456 e. The molecule has 0 amide bonds. The molecule has 0 aliphatic heterocycles. The summed E-state index contributed by atoms with van der Waals surface area (Å²) in [4.78, 5) is 0. The molecule has 0 spiro atoms. The smallest absolute Gasteiger partial charge is 0.136 e. The van der Waals surface area contributed by atoms with Crippen LogP contribution in [0.15, 0.2) is 65.1 Å². The molecule has 2 heteroatoms. The SMILES string of the molecule is CCCCCCCCCCc1ccc2cc3c(cc2c1)oc1cc2cc(COCCCCCC)ccc2cc13. The molecule has 0 saturated heterocycles. The molecule has 5 rings (SSSR count). The van der Waals surface area contributed by atoms with Crippen LogP contribution >= 0.6 is 0 Å². The summed E-state index contributed by atoms with van der Waals surface area (Å²) in [5, 5.41) is 7.43.